The summed E-state index contributed by atoms with van der Waals surface area (Å²) in [7, 11) is 0.869. The van der Waals surface area contributed by atoms with Crippen LogP contribution in [0.5, 0.6) is 17.2 Å². The maximum Gasteiger partial charge on any atom is 0.251 e. The molecule has 2 amide bonds. The van der Waals surface area contributed by atoms with Crippen molar-refractivity contribution in [1.29, 1.82) is 0 Å². The summed E-state index contributed by atoms with van der Waals surface area (Å²) in [5.74, 6) is -0.0515. The van der Waals surface area contributed by atoms with Crippen LogP contribution in [0.3, 0.4) is 0 Å². The van der Waals surface area contributed by atoms with Crippen molar-refractivity contribution in [2.75, 3.05) is 44.2 Å². The van der Waals surface area contributed by atoms with Crippen LogP contribution >= 0.6 is 0 Å². The number of carbonyl (C=O) groups is 2. The number of methoxy groups -OCH3 is 3. The summed E-state index contributed by atoms with van der Waals surface area (Å²) in [4.78, 5) is 24.6. The molecule has 0 aliphatic rings. The van der Waals surface area contributed by atoms with Gasteiger partial charge in [-0.2, -0.15) is 0 Å². The Morgan fingerprint density at radius 3 is 2.07 bits per heavy atom. The third kappa shape index (κ3) is 6.27. The monoisotopic (exact) mass is 437 g/mol. The molecule has 3 N–H and O–H groups in total. The summed E-state index contributed by atoms with van der Waals surface area (Å²) < 4.78 is 40.6. The standard InChI is InChI=1S/C19H23N3O7S/c1-27-15-8-12(9-16(28-2)18(15)29-3)19(24)20-11-17(23)21-13-6-5-7-14(10-13)22-30(4,25)26/h5-10,22H,11H2,1-4H3,(H,20,24)(H,21,23). The first-order valence-electron chi connectivity index (χ1n) is 8.62. The lowest BCUT2D eigenvalue weighted by atomic mass is 10.1. The van der Waals surface area contributed by atoms with E-state index in [2.05, 4.69) is 15.4 Å². The van der Waals surface area contributed by atoms with Gasteiger partial charge in [0, 0.05) is 11.3 Å². The fourth-order valence-corrected chi connectivity index (χ4v) is 3.11. The quantitative estimate of drug-likeness (QED) is 0.541. The minimum absolute atomic E-state index is 0.219. The normalized spacial score (nSPS) is 10.7. The molecule has 11 heteroatoms. The van der Waals surface area contributed by atoms with Gasteiger partial charge in [-0.25, -0.2) is 8.42 Å². The Morgan fingerprint density at radius 1 is 0.933 bits per heavy atom. The highest BCUT2D eigenvalue weighted by Gasteiger charge is 2.17. The van der Waals surface area contributed by atoms with Crippen molar-refractivity contribution in [2.24, 2.45) is 0 Å². The van der Waals surface area contributed by atoms with Gasteiger partial charge in [-0.1, -0.05) is 6.07 Å². The number of amides is 2. The minimum Gasteiger partial charge on any atom is -0.493 e. The lowest BCUT2D eigenvalue weighted by Gasteiger charge is -2.14. The van der Waals surface area contributed by atoms with Gasteiger partial charge in [0.05, 0.1) is 39.8 Å². The van der Waals surface area contributed by atoms with Crippen molar-refractivity contribution in [3.8, 4) is 17.2 Å². The van der Waals surface area contributed by atoms with Crippen LogP contribution in [-0.4, -0.2) is 54.4 Å². The number of sulfonamides is 1. The van der Waals surface area contributed by atoms with Gasteiger partial charge < -0.3 is 24.8 Å². The first kappa shape index (κ1) is 22.8. The minimum atomic E-state index is -3.44. The molecule has 0 saturated carbocycles. The van der Waals surface area contributed by atoms with E-state index in [4.69, 9.17) is 14.2 Å². The fraction of sp³-hybridized carbons (Fsp3) is 0.263. The molecule has 10 nitrogen and oxygen atoms in total. The summed E-state index contributed by atoms with van der Waals surface area (Å²) >= 11 is 0. The number of hydrogen-bond acceptors (Lipinski definition) is 7. The SMILES string of the molecule is COc1cc(C(=O)NCC(=O)Nc2cccc(NS(C)(=O)=O)c2)cc(OC)c1OC. The van der Waals surface area contributed by atoms with Crippen molar-refractivity contribution >= 4 is 33.2 Å². The number of rotatable bonds is 9. The topological polar surface area (TPSA) is 132 Å². The smallest absolute Gasteiger partial charge is 0.251 e. The number of benzene rings is 2. The summed E-state index contributed by atoms with van der Waals surface area (Å²) in [6.07, 6.45) is 1.02. The predicted octanol–water partition coefficient (Wildman–Crippen LogP) is 1.45. The number of carbonyl (C=O) groups excluding carboxylic acids is 2. The van der Waals surface area contributed by atoms with E-state index in [0.29, 0.717) is 28.6 Å². The number of nitrogens with one attached hydrogen (secondary N) is 3. The zero-order chi connectivity index (χ0) is 22.3. The molecule has 0 aliphatic carbocycles. The van der Waals surface area contributed by atoms with E-state index in [1.165, 1.54) is 39.5 Å². The maximum absolute atomic E-state index is 12.4. The molecule has 2 aromatic rings. The summed E-state index contributed by atoms with van der Waals surface area (Å²) in [6.45, 7) is -0.306. The van der Waals surface area contributed by atoms with Gasteiger partial charge in [-0.3, -0.25) is 14.3 Å². The second-order valence-electron chi connectivity index (χ2n) is 6.10. The second-order valence-corrected chi connectivity index (χ2v) is 7.85. The van der Waals surface area contributed by atoms with Crippen LogP contribution < -0.4 is 29.6 Å². The summed E-state index contributed by atoms with van der Waals surface area (Å²) in [5, 5.41) is 5.08. The van der Waals surface area contributed by atoms with E-state index in [-0.39, 0.29) is 12.1 Å². The van der Waals surface area contributed by atoms with E-state index >= 15 is 0 Å². The molecule has 0 unspecified atom stereocenters. The summed E-state index contributed by atoms with van der Waals surface area (Å²) in [6, 6.07) is 9.11. The van der Waals surface area contributed by atoms with Crippen LogP contribution in [0, 0.1) is 0 Å². The van der Waals surface area contributed by atoms with Crippen LogP contribution in [0.4, 0.5) is 11.4 Å². The van der Waals surface area contributed by atoms with Gasteiger partial charge in [0.2, 0.25) is 21.7 Å². The first-order chi connectivity index (χ1) is 14.2. The molecule has 0 saturated heterocycles. The van der Waals surface area contributed by atoms with E-state index in [0.717, 1.165) is 6.26 Å². The highest BCUT2D eigenvalue weighted by atomic mass is 32.2. The molecule has 0 aromatic heterocycles. The van der Waals surface area contributed by atoms with Gasteiger partial charge in [0.25, 0.3) is 5.91 Å². The Morgan fingerprint density at radius 2 is 1.53 bits per heavy atom. The van der Waals surface area contributed by atoms with Crippen LogP contribution in [0.1, 0.15) is 10.4 Å². The van der Waals surface area contributed by atoms with Crippen LogP contribution in [0.15, 0.2) is 36.4 Å². The highest BCUT2D eigenvalue weighted by Crippen LogP contribution is 2.38. The molecule has 0 aliphatic heterocycles. The Hall–Kier alpha value is -3.47. The lowest BCUT2D eigenvalue weighted by molar-refractivity contribution is -0.115. The molecule has 0 fully saturated rings. The van der Waals surface area contributed by atoms with Gasteiger partial charge in [-0.05, 0) is 30.3 Å². The molecular formula is C19H23N3O7S. The van der Waals surface area contributed by atoms with Crippen LogP contribution in [-0.2, 0) is 14.8 Å². The van der Waals surface area contributed by atoms with E-state index in [9.17, 15) is 18.0 Å². The molecule has 30 heavy (non-hydrogen) atoms. The molecule has 2 aromatic carbocycles. The molecule has 0 heterocycles. The average molecular weight is 437 g/mol. The Balaban J connectivity index is 2.03. The van der Waals surface area contributed by atoms with Crippen molar-refractivity contribution in [2.45, 2.75) is 0 Å². The van der Waals surface area contributed by atoms with E-state index in [1.54, 1.807) is 18.2 Å². The molecular weight excluding hydrogens is 414 g/mol. The third-order valence-corrected chi connectivity index (χ3v) is 4.39. The van der Waals surface area contributed by atoms with Gasteiger partial charge >= 0.3 is 0 Å². The van der Waals surface area contributed by atoms with Crippen molar-refractivity contribution in [3.63, 3.8) is 0 Å². The van der Waals surface area contributed by atoms with E-state index < -0.39 is 21.8 Å². The Bertz CT molecular complexity index is 1010. The zero-order valence-corrected chi connectivity index (χ0v) is 17.8. The second kappa shape index (κ2) is 9.83. The predicted molar refractivity (Wildman–Crippen MR) is 112 cm³/mol. The molecule has 2 rings (SSSR count). The summed E-state index contributed by atoms with van der Waals surface area (Å²) in [5.41, 5.74) is 0.893. The largest absolute Gasteiger partial charge is 0.493 e. The number of ether oxygens (including phenoxy) is 3. The fourth-order valence-electron chi connectivity index (χ4n) is 2.55. The average Bonchev–Trinajstić information content (AvgIpc) is 2.69. The van der Waals surface area contributed by atoms with Gasteiger partial charge in [0.1, 0.15) is 0 Å². The Kier molecular flexibility index (Phi) is 7.48. The highest BCUT2D eigenvalue weighted by molar-refractivity contribution is 7.92. The molecule has 162 valence electrons. The van der Waals surface area contributed by atoms with Gasteiger partial charge in [-0.15, -0.1) is 0 Å². The van der Waals surface area contributed by atoms with Crippen LogP contribution in [0.2, 0.25) is 0 Å². The van der Waals surface area contributed by atoms with Gasteiger partial charge in [0.15, 0.2) is 11.5 Å². The van der Waals surface area contributed by atoms with Crippen molar-refractivity contribution in [3.05, 3.63) is 42.0 Å². The number of hydrogen-bond donors (Lipinski definition) is 3. The Labute approximate surface area is 174 Å². The lowest BCUT2D eigenvalue weighted by Crippen LogP contribution is -2.32. The molecule has 0 spiro atoms. The maximum atomic E-state index is 12.4. The third-order valence-electron chi connectivity index (χ3n) is 3.79. The van der Waals surface area contributed by atoms with Crippen molar-refractivity contribution in [1.82, 2.24) is 5.32 Å². The van der Waals surface area contributed by atoms with Crippen molar-refractivity contribution < 1.29 is 32.2 Å². The van der Waals surface area contributed by atoms with E-state index in [1.807, 2.05) is 0 Å². The van der Waals surface area contributed by atoms with Crippen LogP contribution in [0.25, 0.3) is 0 Å². The number of anilines is 2. The molecule has 0 atom stereocenters. The first-order valence-corrected chi connectivity index (χ1v) is 10.5. The zero-order valence-electron chi connectivity index (χ0n) is 16.9. The molecule has 0 radical (unpaired) electrons. The molecule has 0 bridgehead atoms.